The quantitative estimate of drug-likeness (QED) is 0.839. The maximum atomic E-state index is 12.5. The van der Waals surface area contributed by atoms with Crippen molar-refractivity contribution in [2.24, 2.45) is 11.3 Å². The van der Waals surface area contributed by atoms with Gasteiger partial charge in [0.2, 0.25) is 0 Å². The maximum absolute atomic E-state index is 12.5. The van der Waals surface area contributed by atoms with E-state index in [4.69, 9.17) is 4.74 Å². The van der Waals surface area contributed by atoms with Gasteiger partial charge in [0, 0.05) is 30.3 Å². The minimum Gasteiger partial charge on any atom is -0.379 e. The van der Waals surface area contributed by atoms with Gasteiger partial charge in [-0.1, -0.05) is 24.3 Å². The Bertz CT molecular complexity index is 748. The topological polar surface area (TPSA) is 53.3 Å². The number of ketones is 1. The molecule has 0 unspecified atom stereocenters. The number of fused-ring (bicyclic) bond motifs is 4. The lowest BCUT2D eigenvalue weighted by Crippen LogP contribution is -2.55. The van der Waals surface area contributed by atoms with E-state index in [1.165, 1.54) is 11.1 Å². The lowest BCUT2D eigenvalue weighted by molar-refractivity contribution is -0.123. The van der Waals surface area contributed by atoms with Gasteiger partial charge in [0.15, 0.2) is 0 Å². The van der Waals surface area contributed by atoms with Crippen molar-refractivity contribution in [1.29, 1.82) is 5.26 Å². The molecule has 0 bridgehead atoms. The van der Waals surface area contributed by atoms with Crippen LogP contribution < -0.4 is 0 Å². The summed E-state index contributed by atoms with van der Waals surface area (Å²) < 4.78 is 5.49. The molecular weight excluding hydrogens is 288 g/mol. The Kier molecular flexibility index (Phi) is 2.52. The number of hydrogen-bond acceptors (Lipinski definition) is 4. The molecule has 0 N–H and O–H groups in total. The van der Waals surface area contributed by atoms with Crippen molar-refractivity contribution in [1.82, 2.24) is 4.90 Å². The van der Waals surface area contributed by atoms with Gasteiger partial charge in [0.1, 0.15) is 11.3 Å². The second kappa shape index (κ2) is 4.23. The molecule has 4 heteroatoms. The summed E-state index contributed by atoms with van der Waals surface area (Å²) in [6.07, 6.45) is 0.695. The number of carbonyl (C=O) groups excluding carboxylic acids is 1. The first-order chi connectivity index (χ1) is 11.2. The van der Waals surface area contributed by atoms with E-state index in [1.807, 2.05) is 0 Å². The van der Waals surface area contributed by atoms with Crippen LogP contribution in [0.15, 0.2) is 24.3 Å². The third-order valence-corrected chi connectivity index (χ3v) is 6.93. The van der Waals surface area contributed by atoms with Crippen LogP contribution in [0.3, 0.4) is 0 Å². The van der Waals surface area contributed by atoms with E-state index in [2.05, 4.69) is 35.2 Å². The van der Waals surface area contributed by atoms with Crippen molar-refractivity contribution >= 4 is 5.78 Å². The SMILES string of the molecule is CC(=O)[C@@]12C[C@@](C#N)(N3CCOCC3)[C@H]3c4ccccc4[C@@H]1[C@H]32. The van der Waals surface area contributed by atoms with Crippen LogP contribution >= 0.6 is 0 Å². The molecule has 3 fully saturated rings. The molecule has 4 aliphatic rings. The number of ether oxygens (including phenoxy) is 1. The van der Waals surface area contributed by atoms with Crippen LogP contribution in [-0.2, 0) is 9.53 Å². The zero-order valence-electron chi connectivity index (χ0n) is 13.3. The molecule has 0 amide bonds. The minimum absolute atomic E-state index is 0.177. The predicted octanol–water partition coefficient (Wildman–Crippen LogP) is 2.07. The van der Waals surface area contributed by atoms with Gasteiger partial charge >= 0.3 is 0 Å². The summed E-state index contributed by atoms with van der Waals surface area (Å²) >= 11 is 0. The molecule has 5 rings (SSSR count). The summed E-state index contributed by atoms with van der Waals surface area (Å²) in [5.41, 5.74) is 1.81. The van der Waals surface area contributed by atoms with Gasteiger partial charge in [0.25, 0.3) is 0 Å². The molecule has 5 atom stereocenters. The highest BCUT2D eigenvalue weighted by atomic mass is 16.5. The highest BCUT2D eigenvalue weighted by molar-refractivity contribution is 5.91. The Balaban J connectivity index is 1.68. The molecule has 2 saturated carbocycles. The summed E-state index contributed by atoms with van der Waals surface area (Å²) in [7, 11) is 0. The van der Waals surface area contributed by atoms with Crippen molar-refractivity contribution in [3.63, 3.8) is 0 Å². The molecule has 1 aliphatic heterocycles. The zero-order valence-corrected chi connectivity index (χ0v) is 13.3. The lowest BCUT2D eigenvalue weighted by Gasteiger charge is -2.43. The first kappa shape index (κ1) is 13.7. The number of nitrogens with zero attached hydrogens (tertiary/aromatic N) is 2. The van der Waals surface area contributed by atoms with Gasteiger partial charge in [0.05, 0.1) is 19.3 Å². The van der Waals surface area contributed by atoms with Gasteiger partial charge in [-0.3, -0.25) is 9.69 Å². The van der Waals surface area contributed by atoms with Gasteiger partial charge in [-0.15, -0.1) is 0 Å². The van der Waals surface area contributed by atoms with Crippen molar-refractivity contribution in [3.05, 3.63) is 35.4 Å². The summed E-state index contributed by atoms with van der Waals surface area (Å²) in [5.74, 6) is 1.14. The van der Waals surface area contributed by atoms with Gasteiger partial charge in [-0.05, 0) is 30.4 Å². The Morgan fingerprint density at radius 2 is 1.91 bits per heavy atom. The normalized spacial score (nSPS) is 43.6. The molecule has 3 aliphatic carbocycles. The van der Waals surface area contributed by atoms with E-state index in [9.17, 15) is 10.1 Å². The number of benzene rings is 1. The molecule has 118 valence electrons. The summed E-state index contributed by atoms with van der Waals surface area (Å²) in [6, 6.07) is 11.2. The fourth-order valence-electron chi connectivity index (χ4n) is 6.07. The highest BCUT2D eigenvalue weighted by Gasteiger charge is 2.84. The van der Waals surface area contributed by atoms with E-state index < -0.39 is 5.54 Å². The maximum Gasteiger partial charge on any atom is 0.137 e. The predicted molar refractivity (Wildman–Crippen MR) is 83.9 cm³/mol. The molecule has 23 heavy (non-hydrogen) atoms. The zero-order chi connectivity index (χ0) is 15.8. The average Bonchev–Trinajstić information content (AvgIpc) is 2.98. The first-order valence-electron chi connectivity index (χ1n) is 8.51. The number of carbonyl (C=O) groups is 1. The van der Waals surface area contributed by atoms with Crippen molar-refractivity contribution in [2.45, 2.75) is 30.7 Å². The van der Waals surface area contributed by atoms with Crippen LogP contribution in [0.25, 0.3) is 0 Å². The van der Waals surface area contributed by atoms with E-state index >= 15 is 0 Å². The summed E-state index contributed by atoms with van der Waals surface area (Å²) in [5, 5.41) is 10.2. The molecule has 0 radical (unpaired) electrons. The molecule has 0 spiro atoms. The van der Waals surface area contributed by atoms with Crippen LogP contribution in [-0.4, -0.2) is 42.5 Å². The van der Waals surface area contributed by atoms with Crippen molar-refractivity contribution < 1.29 is 9.53 Å². The number of morpholine rings is 1. The second-order valence-electron chi connectivity index (χ2n) is 7.52. The van der Waals surface area contributed by atoms with Crippen LogP contribution in [0.4, 0.5) is 0 Å². The van der Waals surface area contributed by atoms with Crippen LogP contribution in [0, 0.1) is 22.7 Å². The van der Waals surface area contributed by atoms with E-state index in [0.29, 0.717) is 31.5 Å². The Hall–Kier alpha value is -1.70. The van der Waals surface area contributed by atoms with Gasteiger partial charge in [-0.2, -0.15) is 5.26 Å². The van der Waals surface area contributed by atoms with E-state index in [1.54, 1.807) is 6.92 Å². The Labute approximate surface area is 136 Å². The van der Waals surface area contributed by atoms with Crippen LogP contribution in [0.5, 0.6) is 0 Å². The largest absolute Gasteiger partial charge is 0.379 e. The Morgan fingerprint density at radius 1 is 1.26 bits per heavy atom. The molecule has 4 nitrogen and oxygen atoms in total. The summed E-state index contributed by atoms with van der Waals surface area (Å²) in [6.45, 7) is 4.66. The van der Waals surface area contributed by atoms with Crippen molar-refractivity contribution in [3.8, 4) is 6.07 Å². The third-order valence-electron chi connectivity index (χ3n) is 6.93. The fraction of sp³-hybridized carbons (Fsp3) is 0.579. The number of rotatable bonds is 2. The number of hydrogen-bond donors (Lipinski definition) is 0. The summed E-state index contributed by atoms with van der Waals surface area (Å²) in [4.78, 5) is 14.8. The average molecular weight is 308 g/mol. The molecule has 1 aromatic rings. The lowest BCUT2D eigenvalue weighted by atomic mass is 9.80. The van der Waals surface area contributed by atoms with E-state index in [0.717, 1.165) is 13.1 Å². The molecular formula is C19H20N2O2. The molecule has 1 aromatic carbocycles. The first-order valence-corrected chi connectivity index (χ1v) is 8.51. The van der Waals surface area contributed by atoms with Crippen LogP contribution in [0.2, 0.25) is 0 Å². The standard InChI is InChI=1S/C19H20N2O2/c1-12(22)19-10-18(11-20,21-6-8-23-9-7-21)15-13-4-2-3-5-14(13)16(19)17(15)19/h2-5,15-17H,6-10H2,1H3/t15-,16+,17-,18-,19-/m0/s1. The fourth-order valence-corrected chi connectivity index (χ4v) is 6.07. The molecule has 1 heterocycles. The molecule has 0 aromatic heterocycles. The van der Waals surface area contributed by atoms with Gasteiger partial charge in [-0.25, -0.2) is 0 Å². The Morgan fingerprint density at radius 3 is 2.52 bits per heavy atom. The smallest absolute Gasteiger partial charge is 0.137 e. The number of Topliss-reactive ketones (excluding diaryl/α,β-unsaturated/α-hetero) is 1. The monoisotopic (exact) mass is 308 g/mol. The second-order valence-corrected chi connectivity index (χ2v) is 7.52. The van der Waals surface area contributed by atoms with Crippen LogP contribution in [0.1, 0.15) is 36.3 Å². The van der Waals surface area contributed by atoms with Gasteiger partial charge < -0.3 is 4.74 Å². The highest BCUT2D eigenvalue weighted by Crippen LogP contribution is 2.84. The third kappa shape index (κ3) is 1.38. The number of nitriles is 1. The minimum atomic E-state index is -0.538. The molecule has 1 saturated heterocycles. The van der Waals surface area contributed by atoms with Crippen molar-refractivity contribution in [2.75, 3.05) is 26.3 Å². The van der Waals surface area contributed by atoms with E-state index in [-0.39, 0.29) is 17.1 Å².